The fourth-order valence-corrected chi connectivity index (χ4v) is 3.45. The molecule has 31 heavy (non-hydrogen) atoms. The quantitative estimate of drug-likeness (QED) is 0.463. The molecule has 0 aromatic carbocycles. The summed E-state index contributed by atoms with van der Waals surface area (Å²) in [6.45, 7) is 2.88. The molecule has 2 amide bonds. The molecule has 3 atom stereocenters. The Kier molecular flexibility index (Phi) is 10.2. The van der Waals surface area contributed by atoms with E-state index in [4.69, 9.17) is 14.6 Å². The number of H-pyrrole nitrogens is 1. The van der Waals surface area contributed by atoms with Crippen LogP contribution in [0.2, 0.25) is 0 Å². The van der Waals surface area contributed by atoms with Gasteiger partial charge in [0.25, 0.3) is 12.4 Å². The van der Waals surface area contributed by atoms with E-state index in [-0.39, 0.29) is 36.4 Å². The zero-order valence-corrected chi connectivity index (χ0v) is 17.5. The highest BCUT2D eigenvalue weighted by atomic mass is 16.5. The number of aromatic nitrogens is 3. The summed E-state index contributed by atoms with van der Waals surface area (Å²) in [5.74, 6) is -0.294. The number of ether oxygens (including phenoxy) is 1. The molecule has 10 nitrogen and oxygen atoms in total. The fraction of sp³-hybridized carbons (Fsp3) is 0.476. The molecule has 0 radical (unpaired) electrons. The SMILES string of the molecule is CCCO[C@H]1C[C@@H](C(=O)NCc2ccncc2)CC[C@@H]1NC(=O)c1ccn[nH]1.O=CO. The maximum Gasteiger partial charge on any atom is 0.290 e. The first-order valence-electron chi connectivity index (χ1n) is 10.2. The third-order valence-electron chi connectivity index (χ3n) is 4.98. The molecule has 1 aliphatic carbocycles. The zero-order valence-electron chi connectivity index (χ0n) is 17.5. The molecule has 2 aromatic heterocycles. The van der Waals surface area contributed by atoms with E-state index in [9.17, 15) is 9.59 Å². The lowest BCUT2D eigenvalue weighted by Crippen LogP contribution is -2.50. The van der Waals surface area contributed by atoms with Gasteiger partial charge in [-0.25, -0.2) is 0 Å². The van der Waals surface area contributed by atoms with Gasteiger partial charge < -0.3 is 20.5 Å². The molecule has 1 aliphatic rings. The summed E-state index contributed by atoms with van der Waals surface area (Å²) in [6.07, 6.45) is 7.67. The second kappa shape index (κ2) is 13.1. The number of hydrogen-bond donors (Lipinski definition) is 4. The first kappa shape index (κ1) is 24.0. The largest absolute Gasteiger partial charge is 0.483 e. The van der Waals surface area contributed by atoms with Crippen molar-refractivity contribution in [2.24, 2.45) is 5.92 Å². The van der Waals surface area contributed by atoms with Crippen LogP contribution in [-0.2, 0) is 20.9 Å². The predicted octanol–water partition coefficient (Wildman–Crippen LogP) is 1.52. The summed E-state index contributed by atoms with van der Waals surface area (Å²) in [4.78, 5) is 37.3. The summed E-state index contributed by atoms with van der Waals surface area (Å²) in [5, 5.41) is 19.4. The highest BCUT2D eigenvalue weighted by Gasteiger charge is 2.35. The van der Waals surface area contributed by atoms with Crippen molar-refractivity contribution < 1.29 is 24.2 Å². The highest BCUT2D eigenvalue weighted by Crippen LogP contribution is 2.27. The molecule has 168 valence electrons. The Labute approximate surface area is 180 Å². The van der Waals surface area contributed by atoms with E-state index in [1.807, 2.05) is 19.1 Å². The lowest BCUT2D eigenvalue weighted by molar-refractivity contribution is -0.128. The Morgan fingerprint density at radius 1 is 1.26 bits per heavy atom. The number of carbonyl (C=O) groups excluding carboxylic acids is 2. The van der Waals surface area contributed by atoms with Crippen LogP contribution in [0.4, 0.5) is 0 Å². The van der Waals surface area contributed by atoms with E-state index in [2.05, 4.69) is 25.8 Å². The molecular weight excluding hydrogens is 402 g/mol. The summed E-state index contributed by atoms with van der Waals surface area (Å²) in [5.41, 5.74) is 1.44. The molecule has 1 fully saturated rings. The standard InChI is InChI=1S/C20H27N5O3.CH2O2/c1-2-11-28-18-12-15(19(26)22-13-14-5-8-21-9-6-14)3-4-16(18)24-20(27)17-7-10-23-25-17;2-1-3/h5-10,15-16,18H,2-4,11-13H2,1H3,(H,22,26)(H,23,25)(H,24,27);1H,(H,2,3)/t15-,16-,18-;/m0./s1. The first-order valence-corrected chi connectivity index (χ1v) is 10.2. The van der Waals surface area contributed by atoms with Gasteiger partial charge in [-0.15, -0.1) is 0 Å². The molecule has 2 aromatic rings. The van der Waals surface area contributed by atoms with Crippen LogP contribution < -0.4 is 10.6 Å². The number of amides is 2. The van der Waals surface area contributed by atoms with Gasteiger partial charge in [0.1, 0.15) is 5.69 Å². The molecule has 4 N–H and O–H groups in total. The minimum absolute atomic E-state index is 0.0280. The lowest BCUT2D eigenvalue weighted by Gasteiger charge is -2.35. The normalized spacial score (nSPS) is 20.1. The Morgan fingerprint density at radius 2 is 2.00 bits per heavy atom. The monoisotopic (exact) mass is 431 g/mol. The van der Waals surface area contributed by atoms with Crippen molar-refractivity contribution in [2.75, 3.05) is 6.61 Å². The van der Waals surface area contributed by atoms with Gasteiger partial charge in [-0.3, -0.25) is 24.5 Å². The van der Waals surface area contributed by atoms with Crippen molar-refractivity contribution in [3.8, 4) is 0 Å². The van der Waals surface area contributed by atoms with Gasteiger partial charge in [-0.05, 0) is 49.4 Å². The minimum Gasteiger partial charge on any atom is -0.483 e. The van der Waals surface area contributed by atoms with Crippen molar-refractivity contribution in [3.63, 3.8) is 0 Å². The second-order valence-corrected chi connectivity index (χ2v) is 7.15. The molecule has 0 bridgehead atoms. The van der Waals surface area contributed by atoms with Crippen molar-refractivity contribution in [2.45, 2.75) is 51.3 Å². The summed E-state index contributed by atoms with van der Waals surface area (Å²) in [6, 6.07) is 5.28. The van der Waals surface area contributed by atoms with Crippen LogP contribution in [0.5, 0.6) is 0 Å². The first-order chi connectivity index (χ1) is 15.1. The van der Waals surface area contributed by atoms with E-state index in [0.717, 1.165) is 12.0 Å². The maximum atomic E-state index is 12.6. The Balaban J connectivity index is 0.00000107. The average molecular weight is 431 g/mol. The maximum absolute atomic E-state index is 12.6. The van der Waals surface area contributed by atoms with Gasteiger partial charge in [0.05, 0.1) is 12.1 Å². The number of aromatic amines is 1. The molecule has 1 saturated carbocycles. The summed E-state index contributed by atoms with van der Waals surface area (Å²) < 4.78 is 5.98. The van der Waals surface area contributed by atoms with Gasteiger partial charge in [-0.1, -0.05) is 6.92 Å². The number of pyridine rings is 1. The second-order valence-electron chi connectivity index (χ2n) is 7.15. The van der Waals surface area contributed by atoms with Crippen LogP contribution in [0.15, 0.2) is 36.8 Å². The van der Waals surface area contributed by atoms with Crippen molar-refractivity contribution >= 4 is 18.3 Å². The summed E-state index contributed by atoms with van der Waals surface area (Å²) >= 11 is 0. The zero-order chi connectivity index (χ0) is 22.5. The van der Waals surface area contributed by atoms with E-state index in [1.54, 1.807) is 24.7 Å². The van der Waals surface area contributed by atoms with Gasteiger partial charge in [0, 0.05) is 37.7 Å². The smallest absolute Gasteiger partial charge is 0.290 e. The Morgan fingerprint density at radius 3 is 2.65 bits per heavy atom. The van der Waals surface area contributed by atoms with Gasteiger partial charge >= 0.3 is 0 Å². The van der Waals surface area contributed by atoms with Crippen LogP contribution in [0.3, 0.4) is 0 Å². The van der Waals surface area contributed by atoms with E-state index >= 15 is 0 Å². The average Bonchev–Trinajstić information content (AvgIpc) is 3.33. The lowest BCUT2D eigenvalue weighted by atomic mass is 9.83. The van der Waals surface area contributed by atoms with Crippen LogP contribution in [0, 0.1) is 5.92 Å². The highest BCUT2D eigenvalue weighted by molar-refractivity contribution is 5.92. The summed E-state index contributed by atoms with van der Waals surface area (Å²) in [7, 11) is 0. The van der Waals surface area contributed by atoms with Gasteiger partial charge in [0.2, 0.25) is 5.91 Å². The van der Waals surface area contributed by atoms with Gasteiger partial charge in [-0.2, -0.15) is 5.10 Å². The molecule has 0 saturated heterocycles. The van der Waals surface area contributed by atoms with Crippen LogP contribution in [0.1, 0.15) is 48.7 Å². The third kappa shape index (κ3) is 7.82. The number of rotatable bonds is 8. The Bertz CT molecular complexity index is 800. The van der Waals surface area contributed by atoms with Crippen LogP contribution >= 0.6 is 0 Å². The minimum atomic E-state index is -0.250. The van der Waals surface area contributed by atoms with Crippen molar-refractivity contribution in [3.05, 3.63) is 48.0 Å². The van der Waals surface area contributed by atoms with Crippen molar-refractivity contribution in [1.82, 2.24) is 25.8 Å². The number of hydrogen-bond acceptors (Lipinski definition) is 6. The van der Waals surface area contributed by atoms with Crippen LogP contribution in [-0.4, -0.2) is 57.3 Å². The van der Waals surface area contributed by atoms with Crippen molar-refractivity contribution in [1.29, 1.82) is 0 Å². The molecule has 0 spiro atoms. The van der Waals surface area contributed by atoms with Crippen LogP contribution in [0.25, 0.3) is 0 Å². The number of carbonyl (C=O) groups is 3. The van der Waals surface area contributed by atoms with E-state index < -0.39 is 0 Å². The Hall–Kier alpha value is -3.27. The molecule has 3 rings (SSSR count). The number of nitrogens with zero attached hydrogens (tertiary/aromatic N) is 2. The molecule has 2 heterocycles. The third-order valence-corrected chi connectivity index (χ3v) is 4.98. The number of nitrogens with one attached hydrogen (secondary N) is 3. The molecule has 0 unspecified atom stereocenters. The molecular formula is C21H29N5O5. The van der Waals surface area contributed by atoms with E-state index in [1.165, 1.54) is 0 Å². The molecule has 10 heteroatoms. The topological polar surface area (TPSA) is 146 Å². The predicted molar refractivity (Wildman–Crippen MR) is 112 cm³/mol. The molecule has 0 aliphatic heterocycles. The van der Waals surface area contributed by atoms with E-state index in [0.29, 0.717) is 38.1 Å². The number of carboxylic acid groups (broad SMARTS) is 1. The van der Waals surface area contributed by atoms with Gasteiger partial charge in [0.15, 0.2) is 0 Å². The fourth-order valence-electron chi connectivity index (χ4n) is 3.45.